The Kier molecular flexibility index (Phi) is 7.58. The van der Waals surface area contributed by atoms with Crippen LogP contribution < -0.4 is 0 Å². The van der Waals surface area contributed by atoms with E-state index in [4.69, 9.17) is 9.47 Å². The predicted octanol–water partition coefficient (Wildman–Crippen LogP) is 7.48. The van der Waals surface area contributed by atoms with E-state index in [0.717, 1.165) is 55.8 Å². The van der Waals surface area contributed by atoms with Crippen molar-refractivity contribution in [1.29, 1.82) is 0 Å². The minimum absolute atomic E-state index is 0.0307. The van der Waals surface area contributed by atoms with Crippen molar-refractivity contribution in [3.63, 3.8) is 0 Å². The lowest BCUT2D eigenvalue weighted by Crippen LogP contribution is -2.53. The van der Waals surface area contributed by atoms with E-state index in [-0.39, 0.29) is 24.6 Å². The molecule has 5 aliphatic rings. The lowest BCUT2D eigenvalue weighted by atomic mass is 9.44. The summed E-state index contributed by atoms with van der Waals surface area (Å²) < 4.78 is 10.7. The van der Waals surface area contributed by atoms with Gasteiger partial charge in [-0.25, -0.2) is 4.79 Å². The molecule has 35 heavy (non-hydrogen) atoms. The van der Waals surface area contributed by atoms with Crippen LogP contribution in [-0.2, 0) is 19.1 Å². The molecule has 0 heterocycles. The molecular weight excluding hydrogens is 436 g/mol. The molecule has 0 aliphatic heterocycles. The van der Waals surface area contributed by atoms with Gasteiger partial charge in [-0.15, -0.1) is 0 Å². The maximum absolute atomic E-state index is 12.4. The summed E-state index contributed by atoms with van der Waals surface area (Å²) in [5, 5.41) is 0. The molecule has 0 N–H and O–H groups in total. The van der Waals surface area contributed by atoms with Gasteiger partial charge in [-0.05, 0) is 130 Å². The minimum atomic E-state index is -0.386. The van der Waals surface area contributed by atoms with Gasteiger partial charge < -0.3 is 9.47 Å². The van der Waals surface area contributed by atoms with Crippen molar-refractivity contribution in [3.8, 4) is 0 Å². The van der Waals surface area contributed by atoms with Crippen molar-refractivity contribution in [2.75, 3.05) is 6.61 Å². The van der Waals surface area contributed by atoms with Gasteiger partial charge in [0.25, 0.3) is 0 Å². The topological polar surface area (TPSA) is 52.6 Å². The lowest BCUT2D eigenvalue weighted by molar-refractivity contribution is -0.162. The van der Waals surface area contributed by atoms with Crippen molar-refractivity contribution in [3.05, 3.63) is 0 Å². The van der Waals surface area contributed by atoms with E-state index in [1.807, 2.05) is 0 Å². The van der Waals surface area contributed by atoms with Crippen LogP contribution in [0.5, 0.6) is 0 Å². The van der Waals surface area contributed by atoms with Crippen LogP contribution in [0.3, 0.4) is 0 Å². The molecule has 198 valence electrons. The van der Waals surface area contributed by atoms with Gasteiger partial charge in [0, 0.05) is 6.42 Å². The second kappa shape index (κ2) is 10.4. The average Bonchev–Trinajstić information content (AvgIpc) is 3.48. The molecule has 5 fully saturated rings. The fourth-order valence-electron chi connectivity index (χ4n) is 10.3. The third-order valence-corrected chi connectivity index (χ3v) is 12.1. The molecule has 8 atom stereocenters. The summed E-state index contributed by atoms with van der Waals surface area (Å²) in [4.78, 5) is 24.4. The van der Waals surface area contributed by atoms with Crippen LogP contribution in [0.4, 0.5) is 0 Å². The van der Waals surface area contributed by atoms with Gasteiger partial charge in [0.2, 0.25) is 0 Å². The molecule has 0 aromatic heterocycles. The maximum Gasteiger partial charge on any atom is 0.344 e. The molecule has 5 aliphatic carbocycles. The SMILES string of the molecule is C[C@H](CCC(=O)OCC(=O)OC1CCCC1)[C@H]1CC[C@H]2[C@@H]3CCC4CCCC[C@]4(C)[C@H]3CC[C@]12C. The summed E-state index contributed by atoms with van der Waals surface area (Å²) in [5.74, 6) is 4.36. The number of rotatable bonds is 7. The molecule has 5 saturated carbocycles. The number of fused-ring (bicyclic) bond motifs is 5. The van der Waals surface area contributed by atoms with E-state index in [9.17, 15) is 9.59 Å². The second-order valence-electron chi connectivity index (χ2n) is 13.7. The molecule has 0 spiro atoms. The van der Waals surface area contributed by atoms with Crippen LogP contribution in [0.2, 0.25) is 0 Å². The molecule has 0 amide bonds. The molecule has 0 radical (unpaired) electrons. The molecule has 0 bridgehead atoms. The van der Waals surface area contributed by atoms with Crippen molar-refractivity contribution in [1.82, 2.24) is 0 Å². The average molecular weight is 487 g/mol. The van der Waals surface area contributed by atoms with Gasteiger partial charge >= 0.3 is 11.9 Å². The zero-order chi connectivity index (χ0) is 24.6. The summed E-state index contributed by atoms with van der Waals surface area (Å²) >= 11 is 0. The van der Waals surface area contributed by atoms with Gasteiger partial charge in [-0.3, -0.25) is 4.79 Å². The normalized spacial score (nSPS) is 42.0. The van der Waals surface area contributed by atoms with E-state index < -0.39 is 0 Å². The monoisotopic (exact) mass is 486 g/mol. The number of carbonyl (C=O) groups is 2. The molecule has 0 aromatic carbocycles. The highest BCUT2D eigenvalue weighted by atomic mass is 16.6. The summed E-state index contributed by atoms with van der Waals surface area (Å²) in [7, 11) is 0. The van der Waals surface area contributed by atoms with Gasteiger partial charge in [-0.2, -0.15) is 0 Å². The van der Waals surface area contributed by atoms with E-state index in [1.165, 1.54) is 64.2 Å². The largest absolute Gasteiger partial charge is 0.460 e. The van der Waals surface area contributed by atoms with E-state index in [0.29, 0.717) is 29.1 Å². The highest BCUT2D eigenvalue weighted by molar-refractivity contribution is 5.76. The first kappa shape index (κ1) is 25.6. The van der Waals surface area contributed by atoms with Crippen molar-refractivity contribution in [2.24, 2.45) is 46.3 Å². The third-order valence-electron chi connectivity index (χ3n) is 12.1. The zero-order valence-electron chi connectivity index (χ0n) is 22.7. The first-order chi connectivity index (χ1) is 16.8. The van der Waals surface area contributed by atoms with Crippen molar-refractivity contribution in [2.45, 2.75) is 130 Å². The molecule has 0 saturated heterocycles. The van der Waals surface area contributed by atoms with Crippen LogP contribution in [-0.4, -0.2) is 24.6 Å². The number of esters is 2. The molecule has 5 rings (SSSR count). The van der Waals surface area contributed by atoms with Crippen LogP contribution in [0.15, 0.2) is 0 Å². The first-order valence-electron chi connectivity index (χ1n) is 15.2. The number of hydrogen-bond donors (Lipinski definition) is 0. The fraction of sp³-hybridized carbons (Fsp3) is 0.935. The maximum atomic E-state index is 12.4. The van der Waals surface area contributed by atoms with Gasteiger partial charge in [0.15, 0.2) is 6.61 Å². The Balaban J connectivity index is 1.12. The minimum Gasteiger partial charge on any atom is -0.460 e. The molecule has 1 unspecified atom stereocenters. The Bertz CT molecular complexity index is 772. The van der Waals surface area contributed by atoms with Gasteiger partial charge in [0.05, 0.1) is 0 Å². The Morgan fingerprint density at radius 1 is 0.800 bits per heavy atom. The van der Waals surface area contributed by atoms with Crippen LogP contribution in [0.1, 0.15) is 124 Å². The first-order valence-corrected chi connectivity index (χ1v) is 15.2. The lowest BCUT2D eigenvalue weighted by Gasteiger charge is -2.61. The molecule has 0 aromatic rings. The van der Waals surface area contributed by atoms with Crippen LogP contribution >= 0.6 is 0 Å². The highest BCUT2D eigenvalue weighted by Gasteiger charge is 2.60. The standard InChI is InChI=1S/C31H50O4/c1-21(11-16-28(32)34-20-29(33)35-23-9-4-5-10-23)25-14-15-26-24-13-12-22-8-6-7-18-30(22,2)27(24)17-19-31(25,26)3/h21-27H,4-20H2,1-3H3/t21-,22?,24+,25-,26+,27+,30+,31-/m1/s1. The summed E-state index contributed by atoms with van der Waals surface area (Å²) in [5.41, 5.74) is 1.04. The smallest absolute Gasteiger partial charge is 0.344 e. The highest BCUT2D eigenvalue weighted by Crippen LogP contribution is 2.68. The van der Waals surface area contributed by atoms with E-state index >= 15 is 0 Å². The predicted molar refractivity (Wildman–Crippen MR) is 138 cm³/mol. The molecular formula is C31H50O4. The van der Waals surface area contributed by atoms with Crippen LogP contribution in [0.25, 0.3) is 0 Å². The van der Waals surface area contributed by atoms with E-state index in [2.05, 4.69) is 20.8 Å². The van der Waals surface area contributed by atoms with Crippen LogP contribution in [0, 0.1) is 46.3 Å². The second-order valence-corrected chi connectivity index (χ2v) is 13.7. The number of hydrogen-bond acceptors (Lipinski definition) is 4. The van der Waals surface area contributed by atoms with Gasteiger partial charge in [-0.1, -0.05) is 33.6 Å². The number of ether oxygens (including phenoxy) is 2. The molecule has 4 heteroatoms. The summed E-state index contributed by atoms with van der Waals surface area (Å²) in [6.07, 6.45) is 19.8. The Morgan fingerprint density at radius 3 is 2.34 bits per heavy atom. The Labute approximate surface area is 213 Å². The van der Waals surface area contributed by atoms with Crippen molar-refractivity contribution < 1.29 is 19.1 Å². The Morgan fingerprint density at radius 2 is 1.54 bits per heavy atom. The third kappa shape index (κ3) is 4.93. The Hall–Kier alpha value is -1.06. The summed E-state index contributed by atoms with van der Waals surface area (Å²) in [6, 6.07) is 0. The fourth-order valence-corrected chi connectivity index (χ4v) is 10.3. The number of carbonyl (C=O) groups excluding carboxylic acids is 2. The molecule has 4 nitrogen and oxygen atoms in total. The van der Waals surface area contributed by atoms with Crippen molar-refractivity contribution >= 4 is 11.9 Å². The van der Waals surface area contributed by atoms with E-state index in [1.54, 1.807) is 0 Å². The zero-order valence-corrected chi connectivity index (χ0v) is 22.7. The summed E-state index contributed by atoms with van der Waals surface area (Å²) in [6.45, 7) is 7.41. The van der Waals surface area contributed by atoms with Gasteiger partial charge in [0.1, 0.15) is 6.10 Å². The quantitative estimate of drug-likeness (QED) is 0.350.